The van der Waals surface area contributed by atoms with Crippen molar-refractivity contribution < 1.29 is 22.0 Å². The van der Waals surface area contributed by atoms with E-state index >= 15 is 0 Å². The van der Waals surface area contributed by atoms with E-state index in [0.717, 1.165) is 12.1 Å². The average molecular weight is 405 g/mol. The molecule has 0 saturated heterocycles. The quantitative estimate of drug-likeness (QED) is 0.723. The summed E-state index contributed by atoms with van der Waals surface area (Å²) in [7, 11) is -2.68. The fourth-order valence-electron chi connectivity index (χ4n) is 2.82. The third kappa shape index (κ3) is 3.40. The van der Waals surface area contributed by atoms with E-state index in [1.54, 1.807) is 19.1 Å². The van der Waals surface area contributed by atoms with Crippen molar-refractivity contribution in [1.29, 1.82) is 0 Å². The Labute approximate surface area is 160 Å². The maximum absolute atomic E-state index is 14.1. The van der Waals surface area contributed by atoms with Gasteiger partial charge in [0.05, 0.1) is 16.2 Å². The Hall–Kier alpha value is -3.07. The van der Waals surface area contributed by atoms with Gasteiger partial charge in [-0.15, -0.1) is 0 Å². The first kappa shape index (κ1) is 19.7. The highest BCUT2D eigenvalue weighted by Crippen LogP contribution is 2.28. The monoisotopic (exact) mass is 405 g/mol. The number of halogens is 2. The number of hydrogen-bond acceptors (Lipinski definition) is 4. The van der Waals surface area contributed by atoms with Gasteiger partial charge in [-0.05, 0) is 37.6 Å². The molecule has 0 saturated carbocycles. The molecule has 0 unspecified atom stereocenters. The van der Waals surface area contributed by atoms with Crippen molar-refractivity contribution in [2.75, 3.05) is 0 Å². The molecule has 0 fully saturated rings. The van der Waals surface area contributed by atoms with Gasteiger partial charge in [0.15, 0.2) is 0 Å². The van der Waals surface area contributed by atoms with E-state index in [9.17, 15) is 22.0 Å². The van der Waals surface area contributed by atoms with E-state index in [0.29, 0.717) is 11.3 Å². The first-order valence-corrected chi connectivity index (χ1v) is 9.72. The summed E-state index contributed by atoms with van der Waals surface area (Å²) in [5.74, 6) is -2.95. The number of carbonyl (C=O) groups is 1. The lowest BCUT2D eigenvalue weighted by atomic mass is 10.1. The Balaban J connectivity index is 2.02. The van der Waals surface area contributed by atoms with Gasteiger partial charge in [0.1, 0.15) is 11.6 Å². The molecule has 0 aliphatic carbocycles. The van der Waals surface area contributed by atoms with Crippen molar-refractivity contribution in [3.8, 4) is 11.3 Å². The number of benzene rings is 2. The molecule has 1 heterocycles. The molecule has 0 radical (unpaired) electrons. The molecule has 1 N–H and O–H groups in total. The lowest BCUT2D eigenvalue weighted by Crippen LogP contribution is -2.32. The predicted octanol–water partition coefficient (Wildman–Crippen LogP) is 3.10. The molecule has 1 amide bonds. The molecular weight excluding hydrogens is 388 g/mol. The summed E-state index contributed by atoms with van der Waals surface area (Å²) in [5, 5.41) is 0. The molecular formula is C19H17F2N3O3S. The topological polar surface area (TPSA) is 81.1 Å². The fraction of sp³-hybridized carbons (Fsp3) is 0.158. The molecule has 0 aliphatic rings. The highest BCUT2D eigenvalue weighted by atomic mass is 32.2. The lowest BCUT2D eigenvalue weighted by Gasteiger charge is -2.09. The van der Waals surface area contributed by atoms with Gasteiger partial charge in [-0.25, -0.2) is 26.9 Å². The second-order valence-corrected chi connectivity index (χ2v) is 7.88. The number of aryl methyl sites for hydroxylation is 1. The van der Waals surface area contributed by atoms with Crippen molar-refractivity contribution in [2.24, 2.45) is 7.05 Å². The number of carbonyl (C=O) groups excluding carboxylic acids is 1. The zero-order chi connectivity index (χ0) is 20.6. The minimum atomic E-state index is -4.14. The van der Waals surface area contributed by atoms with Crippen LogP contribution in [0.3, 0.4) is 0 Å². The Morgan fingerprint density at radius 3 is 2.25 bits per heavy atom. The lowest BCUT2D eigenvalue weighted by molar-refractivity contribution is 0.0968. The number of sulfonamides is 1. The van der Waals surface area contributed by atoms with E-state index in [1.807, 2.05) is 4.72 Å². The Morgan fingerprint density at radius 1 is 1.04 bits per heavy atom. The zero-order valence-electron chi connectivity index (χ0n) is 15.3. The molecule has 0 aliphatic heterocycles. The van der Waals surface area contributed by atoms with Crippen molar-refractivity contribution in [3.05, 3.63) is 71.2 Å². The molecule has 9 heteroatoms. The Bertz CT molecular complexity index is 1170. The van der Waals surface area contributed by atoms with Crippen LogP contribution in [0.1, 0.15) is 21.9 Å². The summed E-state index contributed by atoms with van der Waals surface area (Å²) in [4.78, 5) is 16.5. The molecule has 3 aromatic rings. The normalized spacial score (nSPS) is 11.5. The van der Waals surface area contributed by atoms with Crippen LogP contribution < -0.4 is 4.72 Å². The number of amides is 1. The largest absolute Gasteiger partial charge is 0.327 e. The van der Waals surface area contributed by atoms with E-state index in [2.05, 4.69) is 4.98 Å². The average Bonchev–Trinajstić information content (AvgIpc) is 2.90. The molecule has 0 bridgehead atoms. The standard InChI is InChI=1S/C19H17F2N3O3S/c1-11-7-4-5-10-15(11)28(26,27)23-19(25)18-22-17(12(2)24(18)3)16-13(20)8-6-9-14(16)21/h4-10H,1-3H3,(H,23,25). The number of aromatic nitrogens is 2. The second kappa shape index (κ2) is 7.16. The first-order valence-electron chi connectivity index (χ1n) is 8.24. The van der Waals surface area contributed by atoms with Crippen molar-refractivity contribution in [3.63, 3.8) is 0 Å². The van der Waals surface area contributed by atoms with Gasteiger partial charge in [-0.2, -0.15) is 0 Å². The molecule has 3 rings (SSSR count). The summed E-state index contributed by atoms with van der Waals surface area (Å²) in [6, 6.07) is 9.56. The van der Waals surface area contributed by atoms with Crippen LogP contribution in [0.2, 0.25) is 0 Å². The minimum absolute atomic E-state index is 0.0466. The second-order valence-electron chi connectivity index (χ2n) is 6.23. The van der Waals surface area contributed by atoms with E-state index in [4.69, 9.17) is 0 Å². The smallest absolute Gasteiger partial charge is 0.301 e. The Kier molecular flexibility index (Phi) is 5.03. The van der Waals surface area contributed by atoms with Crippen LogP contribution in [0.5, 0.6) is 0 Å². The fourth-order valence-corrected chi connectivity index (χ4v) is 4.02. The number of rotatable bonds is 4. The molecule has 28 heavy (non-hydrogen) atoms. The summed E-state index contributed by atoms with van der Waals surface area (Å²) < 4.78 is 56.5. The predicted molar refractivity (Wildman–Crippen MR) is 99.1 cm³/mol. The van der Waals surface area contributed by atoms with Gasteiger partial charge in [0, 0.05) is 12.7 Å². The van der Waals surface area contributed by atoms with Crippen LogP contribution in [-0.2, 0) is 17.1 Å². The number of imidazole rings is 1. The Morgan fingerprint density at radius 2 is 1.64 bits per heavy atom. The van der Waals surface area contributed by atoms with Gasteiger partial charge >= 0.3 is 5.91 Å². The van der Waals surface area contributed by atoms with Crippen molar-refractivity contribution in [1.82, 2.24) is 14.3 Å². The molecule has 1 aromatic heterocycles. The van der Waals surface area contributed by atoms with Crippen LogP contribution in [0.4, 0.5) is 8.78 Å². The van der Waals surface area contributed by atoms with Gasteiger partial charge in [0.25, 0.3) is 10.0 Å². The number of nitrogens with one attached hydrogen (secondary N) is 1. The van der Waals surface area contributed by atoms with E-state index in [-0.39, 0.29) is 22.0 Å². The first-order chi connectivity index (χ1) is 13.1. The van der Waals surface area contributed by atoms with Gasteiger partial charge in [0.2, 0.25) is 5.82 Å². The SMILES string of the molecule is Cc1ccccc1S(=O)(=O)NC(=O)c1nc(-c2c(F)cccc2F)c(C)n1C. The van der Waals surface area contributed by atoms with Gasteiger partial charge in [-0.3, -0.25) is 4.79 Å². The number of nitrogens with zero attached hydrogens (tertiary/aromatic N) is 2. The molecule has 2 aromatic carbocycles. The zero-order valence-corrected chi connectivity index (χ0v) is 16.1. The third-order valence-electron chi connectivity index (χ3n) is 4.39. The van der Waals surface area contributed by atoms with Crippen molar-refractivity contribution >= 4 is 15.9 Å². The van der Waals surface area contributed by atoms with Crippen LogP contribution in [0, 0.1) is 25.5 Å². The number of hydrogen-bond donors (Lipinski definition) is 1. The third-order valence-corrected chi connectivity index (χ3v) is 5.89. The highest BCUT2D eigenvalue weighted by Gasteiger charge is 2.26. The highest BCUT2D eigenvalue weighted by molar-refractivity contribution is 7.90. The summed E-state index contributed by atoms with van der Waals surface area (Å²) >= 11 is 0. The van der Waals surface area contributed by atoms with Crippen LogP contribution >= 0.6 is 0 Å². The van der Waals surface area contributed by atoms with Crippen molar-refractivity contribution in [2.45, 2.75) is 18.7 Å². The summed E-state index contributed by atoms with van der Waals surface area (Å²) in [6.45, 7) is 3.13. The van der Waals surface area contributed by atoms with E-state index in [1.165, 1.54) is 36.7 Å². The molecule has 0 spiro atoms. The molecule has 0 atom stereocenters. The molecule has 146 valence electrons. The van der Waals surface area contributed by atoms with Gasteiger partial charge < -0.3 is 4.57 Å². The molecule has 6 nitrogen and oxygen atoms in total. The summed E-state index contributed by atoms with van der Waals surface area (Å²) in [6.07, 6.45) is 0. The van der Waals surface area contributed by atoms with E-state index < -0.39 is 27.6 Å². The van der Waals surface area contributed by atoms with Crippen LogP contribution in [0.15, 0.2) is 47.4 Å². The van der Waals surface area contributed by atoms with Crippen LogP contribution in [-0.4, -0.2) is 23.9 Å². The van der Waals surface area contributed by atoms with Gasteiger partial charge in [-0.1, -0.05) is 24.3 Å². The minimum Gasteiger partial charge on any atom is -0.327 e. The maximum Gasteiger partial charge on any atom is 0.301 e. The maximum atomic E-state index is 14.1. The van der Waals surface area contributed by atoms with Crippen LogP contribution in [0.25, 0.3) is 11.3 Å². The summed E-state index contributed by atoms with van der Waals surface area (Å²) in [5.41, 5.74) is 0.323.